The van der Waals surface area contributed by atoms with Crippen LogP contribution in [0.15, 0.2) is 0 Å². The topological polar surface area (TPSA) is 41.6 Å². The summed E-state index contributed by atoms with van der Waals surface area (Å²) in [5.41, 5.74) is -0.553. The van der Waals surface area contributed by atoms with Crippen molar-refractivity contribution in [2.45, 2.75) is 52.0 Å². The Morgan fingerprint density at radius 1 is 1.47 bits per heavy atom. The van der Waals surface area contributed by atoms with Crippen LogP contribution in [-0.2, 0) is 9.53 Å². The number of esters is 1. The van der Waals surface area contributed by atoms with Gasteiger partial charge in [-0.1, -0.05) is 20.3 Å². The minimum absolute atomic E-state index is 0.154. The van der Waals surface area contributed by atoms with Gasteiger partial charge in [-0.25, -0.2) is 0 Å². The Morgan fingerprint density at radius 2 is 2.21 bits per heavy atom. The smallest absolute Gasteiger partial charge is 0.325 e. The van der Waals surface area contributed by atoms with Crippen LogP contribution < -0.4 is 5.32 Å². The Labute approximate surface area is 117 Å². The molecule has 0 saturated carbocycles. The standard InChI is InChI=1S/C15H30N2O2/c1-5-13-8-7-10-17(12-13)11-9-15(3,16-6-2)14(18)19-4/h13,16H,5-12H2,1-4H3. The molecule has 2 atom stereocenters. The Morgan fingerprint density at radius 3 is 2.79 bits per heavy atom. The van der Waals surface area contributed by atoms with Crippen LogP contribution in [0.25, 0.3) is 0 Å². The van der Waals surface area contributed by atoms with E-state index in [0.29, 0.717) is 0 Å². The Hall–Kier alpha value is -0.610. The molecule has 1 heterocycles. The van der Waals surface area contributed by atoms with Crippen molar-refractivity contribution in [1.82, 2.24) is 10.2 Å². The monoisotopic (exact) mass is 270 g/mol. The molecule has 2 unspecified atom stereocenters. The zero-order valence-electron chi connectivity index (χ0n) is 13.0. The highest BCUT2D eigenvalue weighted by atomic mass is 16.5. The summed E-state index contributed by atoms with van der Waals surface area (Å²) in [6.07, 6.45) is 4.71. The summed E-state index contributed by atoms with van der Waals surface area (Å²) < 4.78 is 4.93. The molecule has 1 fully saturated rings. The molecule has 1 rings (SSSR count). The molecule has 0 bridgehead atoms. The number of piperidine rings is 1. The third-order valence-corrected chi connectivity index (χ3v) is 4.31. The summed E-state index contributed by atoms with van der Waals surface area (Å²) in [7, 11) is 1.46. The van der Waals surface area contributed by atoms with Crippen LogP contribution in [0.4, 0.5) is 0 Å². The molecule has 1 N–H and O–H groups in total. The number of likely N-dealkylation sites (tertiary alicyclic amines) is 1. The molecule has 19 heavy (non-hydrogen) atoms. The predicted molar refractivity (Wildman–Crippen MR) is 78.2 cm³/mol. The van der Waals surface area contributed by atoms with Gasteiger partial charge in [0.25, 0.3) is 0 Å². The van der Waals surface area contributed by atoms with E-state index in [0.717, 1.165) is 25.4 Å². The first-order chi connectivity index (χ1) is 9.05. The number of methoxy groups -OCH3 is 1. The second-order valence-electron chi connectivity index (χ2n) is 5.82. The van der Waals surface area contributed by atoms with Crippen molar-refractivity contribution < 1.29 is 9.53 Å². The van der Waals surface area contributed by atoms with Gasteiger partial charge in [0.1, 0.15) is 5.54 Å². The van der Waals surface area contributed by atoms with Gasteiger partial charge in [0.15, 0.2) is 0 Å². The van der Waals surface area contributed by atoms with E-state index in [1.165, 1.54) is 39.5 Å². The fourth-order valence-corrected chi connectivity index (χ4v) is 2.95. The van der Waals surface area contributed by atoms with E-state index < -0.39 is 5.54 Å². The van der Waals surface area contributed by atoms with Crippen LogP contribution in [0.2, 0.25) is 0 Å². The maximum Gasteiger partial charge on any atom is 0.325 e. The lowest BCUT2D eigenvalue weighted by atomic mass is 9.93. The highest BCUT2D eigenvalue weighted by Gasteiger charge is 2.34. The summed E-state index contributed by atoms with van der Waals surface area (Å²) in [5.74, 6) is 0.677. The van der Waals surface area contributed by atoms with Crippen LogP contribution >= 0.6 is 0 Å². The van der Waals surface area contributed by atoms with E-state index >= 15 is 0 Å². The molecule has 0 spiro atoms. The van der Waals surface area contributed by atoms with Gasteiger partial charge in [0.2, 0.25) is 0 Å². The fourth-order valence-electron chi connectivity index (χ4n) is 2.95. The maximum absolute atomic E-state index is 11.9. The van der Waals surface area contributed by atoms with Crippen molar-refractivity contribution in [3.8, 4) is 0 Å². The van der Waals surface area contributed by atoms with Gasteiger partial charge in [-0.3, -0.25) is 4.79 Å². The molecule has 0 radical (unpaired) electrons. The molecular weight excluding hydrogens is 240 g/mol. The largest absolute Gasteiger partial charge is 0.468 e. The molecule has 0 amide bonds. The van der Waals surface area contributed by atoms with Crippen molar-refractivity contribution in [2.75, 3.05) is 33.3 Å². The second-order valence-corrected chi connectivity index (χ2v) is 5.82. The highest BCUT2D eigenvalue weighted by molar-refractivity contribution is 5.80. The number of carbonyl (C=O) groups excluding carboxylic acids is 1. The van der Waals surface area contributed by atoms with Crippen LogP contribution in [0, 0.1) is 5.92 Å². The Kier molecular flexibility index (Phi) is 6.80. The molecule has 1 aliphatic heterocycles. The molecule has 0 aliphatic carbocycles. The number of nitrogens with one attached hydrogen (secondary N) is 1. The zero-order chi connectivity index (χ0) is 14.3. The van der Waals surface area contributed by atoms with Gasteiger partial charge >= 0.3 is 5.97 Å². The third kappa shape index (κ3) is 4.77. The van der Waals surface area contributed by atoms with Crippen molar-refractivity contribution in [3.05, 3.63) is 0 Å². The van der Waals surface area contributed by atoms with Crippen LogP contribution in [0.3, 0.4) is 0 Å². The number of carbonyl (C=O) groups is 1. The van der Waals surface area contributed by atoms with Gasteiger partial charge < -0.3 is 15.0 Å². The van der Waals surface area contributed by atoms with Gasteiger partial charge in [0, 0.05) is 13.1 Å². The van der Waals surface area contributed by atoms with Crippen LogP contribution in [0.1, 0.15) is 46.5 Å². The summed E-state index contributed by atoms with van der Waals surface area (Å²) in [6, 6.07) is 0. The summed E-state index contributed by atoms with van der Waals surface area (Å²) >= 11 is 0. The average Bonchev–Trinajstić information content (AvgIpc) is 2.44. The number of likely N-dealkylation sites (N-methyl/N-ethyl adjacent to an activating group) is 1. The van der Waals surface area contributed by atoms with Gasteiger partial charge in [0.05, 0.1) is 7.11 Å². The minimum Gasteiger partial charge on any atom is -0.468 e. The number of rotatable bonds is 7. The molecule has 1 saturated heterocycles. The first kappa shape index (κ1) is 16.4. The normalized spacial score (nSPS) is 23.9. The van der Waals surface area contributed by atoms with E-state index in [4.69, 9.17) is 4.74 Å². The first-order valence-corrected chi connectivity index (χ1v) is 7.61. The fraction of sp³-hybridized carbons (Fsp3) is 0.933. The van der Waals surface area contributed by atoms with Crippen molar-refractivity contribution in [3.63, 3.8) is 0 Å². The molecule has 4 heteroatoms. The maximum atomic E-state index is 11.9. The van der Waals surface area contributed by atoms with Crippen LogP contribution in [0.5, 0.6) is 0 Å². The number of nitrogens with zero attached hydrogens (tertiary/aromatic N) is 1. The molecular formula is C15H30N2O2. The molecule has 4 nitrogen and oxygen atoms in total. The van der Waals surface area contributed by atoms with Crippen molar-refractivity contribution in [1.29, 1.82) is 0 Å². The lowest BCUT2D eigenvalue weighted by Crippen LogP contribution is -2.52. The summed E-state index contributed by atoms with van der Waals surface area (Å²) in [4.78, 5) is 14.4. The third-order valence-electron chi connectivity index (χ3n) is 4.31. The number of hydrogen-bond donors (Lipinski definition) is 1. The lowest BCUT2D eigenvalue weighted by molar-refractivity contribution is -0.148. The second kappa shape index (κ2) is 7.85. The zero-order valence-corrected chi connectivity index (χ0v) is 13.0. The molecule has 0 aromatic heterocycles. The molecule has 112 valence electrons. The van der Waals surface area contributed by atoms with E-state index in [2.05, 4.69) is 17.1 Å². The molecule has 1 aliphatic rings. The van der Waals surface area contributed by atoms with Gasteiger partial charge in [-0.05, 0) is 45.2 Å². The number of hydrogen-bond acceptors (Lipinski definition) is 4. The van der Waals surface area contributed by atoms with E-state index in [1.54, 1.807) is 0 Å². The van der Waals surface area contributed by atoms with Crippen LogP contribution in [-0.4, -0.2) is 49.7 Å². The first-order valence-electron chi connectivity index (χ1n) is 7.61. The lowest BCUT2D eigenvalue weighted by Gasteiger charge is -2.35. The molecule has 0 aromatic rings. The van der Waals surface area contributed by atoms with Gasteiger partial charge in [-0.15, -0.1) is 0 Å². The number of ether oxygens (including phenoxy) is 1. The Balaban J connectivity index is 2.49. The summed E-state index contributed by atoms with van der Waals surface area (Å²) in [6.45, 7) is 10.3. The van der Waals surface area contributed by atoms with Crippen molar-refractivity contribution >= 4 is 5.97 Å². The van der Waals surface area contributed by atoms with E-state index in [9.17, 15) is 4.79 Å². The van der Waals surface area contributed by atoms with E-state index in [-0.39, 0.29) is 5.97 Å². The van der Waals surface area contributed by atoms with Gasteiger partial charge in [-0.2, -0.15) is 0 Å². The Bertz CT molecular complexity index is 283. The van der Waals surface area contributed by atoms with E-state index in [1.807, 2.05) is 13.8 Å². The van der Waals surface area contributed by atoms with Crippen molar-refractivity contribution in [2.24, 2.45) is 5.92 Å². The average molecular weight is 270 g/mol. The highest BCUT2D eigenvalue weighted by Crippen LogP contribution is 2.21. The quantitative estimate of drug-likeness (QED) is 0.719. The minimum atomic E-state index is -0.553. The summed E-state index contributed by atoms with van der Waals surface area (Å²) in [5, 5.41) is 3.27. The predicted octanol–water partition coefficient (Wildman–Crippen LogP) is 2.04. The molecule has 0 aromatic carbocycles. The SMILES string of the molecule is CCNC(C)(CCN1CCCC(CC)C1)C(=O)OC.